The molecule has 0 aromatic rings. The number of carboxylic acids is 1. The van der Waals surface area contributed by atoms with E-state index in [0.717, 1.165) is 6.29 Å². The second-order valence-corrected chi connectivity index (χ2v) is 2.42. The van der Waals surface area contributed by atoms with Crippen LogP contribution in [0.4, 0.5) is 0 Å². The van der Waals surface area contributed by atoms with Crippen LogP contribution in [0.15, 0.2) is 12.2 Å². The van der Waals surface area contributed by atoms with Crippen LogP contribution in [0.25, 0.3) is 0 Å². The highest BCUT2D eigenvalue weighted by Crippen LogP contribution is 1.98. The van der Waals surface area contributed by atoms with Crippen molar-refractivity contribution in [2.24, 2.45) is 5.92 Å². The Morgan fingerprint density at radius 1 is 1.55 bits per heavy atom. The Kier molecular flexibility index (Phi) is 5.07. The molecular weight excluding hydrogens is 144 g/mol. The van der Waals surface area contributed by atoms with Crippen LogP contribution in [0.5, 0.6) is 0 Å². The fraction of sp³-hybridized carbons (Fsp3) is 0.500. The minimum atomic E-state index is -0.847. The van der Waals surface area contributed by atoms with Gasteiger partial charge in [-0.3, -0.25) is 4.79 Å². The summed E-state index contributed by atoms with van der Waals surface area (Å²) in [6.45, 7) is 1.79. The molecule has 3 nitrogen and oxygen atoms in total. The van der Waals surface area contributed by atoms with E-state index >= 15 is 0 Å². The van der Waals surface area contributed by atoms with Crippen molar-refractivity contribution in [1.29, 1.82) is 0 Å². The standard InChI is InChI=1S/C8H12O3/c1-7(6-9)4-2-3-5-8(10)11/h2-3,6-7H,4-5H2,1H3,(H,10,11). The Bertz CT molecular complexity index is 161. The van der Waals surface area contributed by atoms with E-state index in [1.165, 1.54) is 0 Å². The molecule has 11 heavy (non-hydrogen) atoms. The zero-order chi connectivity index (χ0) is 8.69. The monoisotopic (exact) mass is 156 g/mol. The molecule has 0 radical (unpaired) electrons. The van der Waals surface area contributed by atoms with Gasteiger partial charge in [-0.25, -0.2) is 0 Å². The summed E-state index contributed by atoms with van der Waals surface area (Å²) in [5.74, 6) is -0.861. The summed E-state index contributed by atoms with van der Waals surface area (Å²) in [5, 5.41) is 8.22. The maximum absolute atomic E-state index is 10.1. The maximum Gasteiger partial charge on any atom is 0.307 e. The SMILES string of the molecule is CC(C=O)CC=CCC(=O)O. The second-order valence-electron chi connectivity index (χ2n) is 2.42. The number of rotatable bonds is 5. The zero-order valence-electron chi connectivity index (χ0n) is 6.49. The molecule has 0 fully saturated rings. The van der Waals surface area contributed by atoms with Crippen molar-refractivity contribution in [3.05, 3.63) is 12.2 Å². The number of aldehydes is 1. The van der Waals surface area contributed by atoms with Crippen molar-refractivity contribution in [3.63, 3.8) is 0 Å². The van der Waals surface area contributed by atoms with E-state index < -0.39 is 5.97 Å². The molecule has 0 bridgehead atoms. The number of aliphatic carboxylic acids is 1. The quantitative estimate of drug-likeness (QED) is 0.481. The molecule has 0 heterocycles. The third-order valence-corrected chi connectivity index (χ3v) is 1.20. The fourth-order valence-corrected chi connectivity index (χ4v) is 0.551. The fourth-order valence-electron chi connectivity index (χ4n) is 0.551. The van der Waals surface area contributed by atoms with Gasteiger partial charge in [0.2, 0.25) is 0 Å². The highest BCUT2D eigenvalue weighted by molar-refractivity contribution is 5.68. The maximum atomic E-state index is 10.1. The first kappa shape index (κ1) is 9.88. The Labute approximate surface area is 65.7 Å². The van der Waals surface area contributed by atoms with Gasteiger partial charge in [0, 0.05) is 5.92 Å². The Balaban J connectivity index is 3.44. The van der Waals surface area contributed by atoms with Crippen LogP contribution in [0, 0.1) is 5.92 Å². The van der Waals surface area contributed by atoms with Crippen LogP contribution >= 0.6 is 0 Å². The van der Waals surface area contributed by atoms with Crippen molar-refractivity contribution in [2.75, 3.05) is 0 Å². The van der Waals surface area contributed by atoms with E-state index in [9.17, 15) is 9.59 Å². The topological polar surface area (TPSA) is 54.4 Å². The van der Waals surface area contributed by atoms with Gasteiger partial charge in [0.25, 0.3) is 0 Å². The van der Waals surface area contributed by atoms with Gasteiger partial charge in [0.1, 0.15) is 6.29 Å². The van der Waals surface area contributed by atoms with Gasteiger partial charge >= 0.3 is 5.97 Å². The van der Waals surface area contributed by atoms with Gasteiger partial charge in [0.05, 0.1) is 6.42 Å². The lowest BCUT2D eigenvalue weighted by Gasteiger charge is -1.94. The molecule has 0 aliphatic rings. The Hall–Kier alpha value is -1.12. The van der Waals surface area contributed by atoms with Gasteiger partial charge in [-0.15, -0.1) is 0 Å². The van der Waals surface area contributed by atoms with E-state index in [1.807, 2.05) is 0 Å². The number of carbonyl (C=O) groups excluding carboxylic acids is 1. The van der Waals surface area contributed by atoms with Gasteiger partial charge in [-0.05, 0) is 6.42 Å². The highest BCUT2D eigenvalue weighted by Gasteiger charge is 1.94. The van der Waals surface area contributed by atoms with Gasteiger partial charge in [-0.2, -0.15) is 0 Å². The molecule has 62 valence electrons. The van der Waals surface area contributed by atoms with Crippen LogP contribution in [-0.2, 0) is 9.59 Å². The van der Waals surface area contributed by atoms with Crippen LogP contribution in [0.3, 0.4) is 0 Å². The van der Waals surface area contributed by atoms with E-state index in [-0.39, 0.29) is 12.3 Å². The van der Waals surface area contributed by atoms with Crippen LogP contribution in [0.2, 0.25) is 0 Å². The van der Waals surface area contributed by atoms with Crippen LogP contribution in [-0.4, -0.2) is 17.4 Å². The average molecular weight is 156 g/mol. The predicted octanol–water partition coefficient (Wildman–Crippen LogP) is 1.24. The number of hydrogen-bond acceptors (Lipinski definition) is 2. The number of carboxylic acid groups (broad SMARTS) is 1. The molecule has 0 aromatic carbocycles. The summed E-state index contributed by atoms with van der Waals surface area (Å²) in [4.78, 5) is 20.1. The molecule has 0 aromatic heterocycles. The molecule has 0 saturated heterocycles. The highest BCUT2D eigenvalue weighted by atomic mass is 16.4. The smallest absolute Gasteiger partial charge is 0.307 e. The largest absolute Gasteiger partial charge is 0.481 e. The normalized spacial score (nSPS) is 13.2. The van der Waals surface area contributed by atoms with Crippen molar-refractivity contribution in [3.8, 4) is 0 Å². The molecule has 1 atom stereocenters. The van der Waals surface area contributed by atoms with Gasteiger partial charge < -0.3 is 9.90 Å². The summed E-state index contributed by atoms with van der Waals surface area (Å²) in [6, 6.07) is 0. The molecule has 1 N–H and O–H groups in total. The van der Waals surface area contributed by atoms with Crippen molar-refractivity contribution in [1.82, 2.24) is 0 Å². The Morgan fingerprint density at radius 3 is 2.64 bits per heavy atom. The lowest BCUT2D eigenvalue weighted by molar-refractivity contribution is -0.136. The lowest BCUT2D eigenvalue weighted by atomic mass is 10.1. The molecule has 0 saturated carbocycles. The van der Waals surface area contributed by atoms with Gasteiger partial charge in [0.15, 0.2) is 0 Å². The first-order valence-corrected chi connectivity index (χ1v) is 3.49. The van der Waals surface area contributed by atoms with Crippen molar-refractivity contribution >= 4 is 12.3 Å². The molecule has 0 rings (SSSR count). The van der Waals surface area contributed by atoms with Crippen molar-refractivity contribution in [2.45, 2.75) is 19.8 Å². The first-order chi connectivity index (χ1) is 5.16. The average Bonchev–Trinajstić information content (AvgIpc) is 1.97. The lowest BCUT2D eigenvalue weighted by Crippen LogP contribution is -1.93. The van der Waals surface area contributed by atoms with Crippen molar-refractivity contribution < 1.29 is 14.7 Å². The molecule has 0 aliphatic heterocycles. The molecule has 0 amide bonds. The third kappa shape index (κ3) is 6.77. The summed E-state index contributed by atoms with van der Waals surface area (Å²) in [5.41, 5.74) is 0. The summed E-state index contributed by atoms with van der Waals surface area (Å²) in [6.07, 6.45) is 4.78. The zero-order valence-corrected chi connectivity index (χ0v) is 6.49. The second kappa shape index (κ2) is 5.65. The first-order valence-electron chi connectivity index (χ1n) is 3.49. The third-order valence-electron chi connectivity index (χ3n) is 1.20. The molecule has 0 aliphatic carbocycles. The Morgan fingerprint density at radius 2 is 2.18 bits per heavy atom. The van der Waals surface area contributed by atoms with E-state index in [2.05, 4.69) is 0 Å². The van der Waals surface area contributed by atoms with E-state index in [0.29, 0.717) is 6.42 Å². The molecule has 3 heteroatoms. The van der Waals surface area contributed by atoms with E-state index in [1.54, 1.807) is 19.1 Å². The minimum Gasteiger partial charge on any atom is -0.481 e. The van der Waals surface area contributed by atoms with Crippen LogP contribution in [0.1, 0.15) is 19.8 Å². The van der Waals surface area contributed by atoms with Crippen LogP contribution < -0.4 is 0 Å². The summed E-state index contributed by atoms with van der Waals surface area (Å²) in [7, 11) is 0. The minimum absolute atomic E-state index is 0.0138. The molecule has 1 unspecified atom stereocenters. The van der Waals surface area contributed by atoms with E-state index in [4.69, 9.17) is 5.11 Å². The number of hydrogen-bond donors (Lipinski definition) is 1. The predicted molar refractivity (Wildman–Crippen MR) is 41.2 cm³/mol. The number of carbonyl (C=O) groups is 2. The summed E-state index contributed by atoms with van der Waals surface area (Å²) >= 11 is 0. The van der Waals surface area contributed by atoms with Gasteiger partial charge in [-0.1, -0.05) is 19.1 Å². The summed E-state index contributed by atoms with van der Waals surface area (Å²) < 4.78 is 0. The molecular formula is C8H12O3. The number of allylic oxidation sites excluding steroid dienone is 1. The molecule has 0 spiro atoms.